The van der Waals surface area contributed by atoms with Gasteiger partial charge in [0.1, 0.15) is 35.4 Å². The zero-order valence-electron chi connectivity index (χ0n) is 15.9. The predicted molar refractivity (Wildman–Crippen MR) is 116 cm³/mol. The number of aliphatic hydroxyl groups excluding tert-OH is 3. The number of ether oxygens (including phenoxy) is 1. The summed E-state index contributed by atoms with van der Waals surface area (Å²) in [6, 6.07) is 6.70. The fourth-order valence-corrected chi connectivity index (χ4v) is 4.53. The molecule has 0 bridgehead atoms. The summed E-state index contributed by atoms with van der Waals surface area (Å²) in [4.78, 5) is 0.649. The highest BCUT2D eigenvalue weighted by Gasteiger charge is 2.44. The first-order valence-corrected chi connectivity index (χ1v) is 10.8. The van der Waals surface area contributed by atoms with Gasteiger partial charge in [-0.3, -0.25) is 0 Å². The molecule has 1 heterocycles. The van der Waals surface area contributed by atoms with Crippen LogP contribution in [0.3, 0.4) is 0 Å². The summed E-state index contributed by atoms with van der Waals surface area (Å²) in [5.41, 5.74) is 5.08. The van der Waals surface area contributed by atoms with Gasteiger partial charge < -0.3 is 31.1 Å². The SMILES string of the molecule is N/C(=C\NC1C(O)C(CO)OC(Sc2ccc(Cl)c(Cl)c2)C1O)c1cc(F)cc(F)c1. The fourth-order valence-electron chi connectivity index (χ4n) is 3.06. The molecule has 1 fully saturated rings. The zero-order chi connectivity index (χ0) is 22.7. The lowest BCUT2D eigenvalue weighted by atomic mass is 9.97. The Balaban J connectivity index is 1.79. The third-order valence-corrected chi connectivity index (χ3v) is 6.54. The molecule has 0 aliphatic carbocycles. The van der Waals surface area contributed by atoms with Crippen LogP contribution in [-0.2, 0) is 4.74 Å². The van der Waals surface area contributed by atoms with E-state index >= 15 is 0 Å². The van der Waals surface area contributed by atoms with Gasteiger partial charge in [0, 0.05) is 22.7 Å². The maximum atomic E-state index is 13.4. The van der Waals surface area contributed by atoms with E-state index in [9.17, 15) is 24.1 Å². The Morgan fingerprint density at radius 3 is 2.39 bits per heavy atom. The van der Waals surface area contributed by atoms with Crippen LogP contribution in [0.2, 0.25) is 10.0 Å². The van der Waals surface area contributed by atoms with Gasteiger partial charge in [-0.25, -0.2) is 8.78 Å². The van der Waals surface area contributed by atoms with Gasteiger partial charge in [0.05, 0.1) is 28.4 Å². The third kappa shape index (κ3) is 5.81. The van der Waals surface area contributed by atoms with Crippen molar-refractivity contribution in [2.24, 2.45) is 5.73 Å². The molecule has 3 rings (SSSR count). The Bertz CT molecular complexity index is 949. The van der Waals surface area contributed by atoms with E-state index in [4.69, 9.17) is 33.7 Å². The standard InChI is InChI=1S/C20H20Cl2F2N2O4S/c21-13-2-1-12(6-14(13)22)31-20-19(29)17(18(28)16(8-27)30-20)26-7-15(25)9-3-10(23)5-11(24)4-9/h1-7,16-20,26-29H,8,25H2/b15-7-. The summed E-state index contributed by atoms with van der Waals surface area (Å²) in [7, 11) is 0. The largest absolute Gasteiger partial charge is 0.397 e. The molecule has 2 aromatic rings. The molecule has 168 valence electrons. The lowest BCUT2D eigenvalue weighted by molar-refractivity contribution is -0.164. The van der Waals surface area contributed by atoms with Crippen molar-refractivity contribution in [2.75, 3.05) is 6.61 Å². The monoisotopic (exact) mass is 492 g/mol. The summed E-state index contributed by atoms with van der Waals surface area (Å²) < 4.78 is 32.5. The number of hydrogen-bond donors (Lipinski definition) is 5. The van der Waals surface area contributed by atoms with Crippen molar-refractivity contribution in [2.45, 2.75) is 34.7 Å². The Kier molecular flexibility index (Phi) is 8.03. The van der Waals surface area contributed by atoms with Gasteiger partial charge >= 0.3 is 0 Å². The normalized spacial score (nSPS) is 26.7. The first-order valence-electron chi connectivity index (χ1n) is 9.12. The molecule has 0 amide bonds. The quantitative estimate of drug-likeness (QED) is 0.421. The number of halogens is 4. The Labute approximate surface area is 191 Å². The molecule has 5 atom stereocenters. The van der Waals surface area contributed by atoms with Crippen molar-refractivity contribution in [3.8, 4) is 0 Å². The van der Waals surface area contributed by atoms with Gasteiger partial charge in [0.2, 0.25) is 0 Å². The number of aliphatic hydroxyl groups is 3. The van der Waals surface area contributed by atoms with Crippen LogP contribution in [0.5, 0.6) is 0 Å². The summed E-state index contributed by atoms with van der Waals surface area (Å²) in [6.45, 7) is -0.501. The van der Waals surface area contributed by atoms with E-state index in [2.05, 4.69) is 5.32 Å². The number of benzene rings is 2. The van der Waals surface area contributed by atoms with Crippen LogP contribution in [0, 0.1) is 11.6 Å². The first kappa shape index (κ1) is 24.1. The molecule has 0 aromatic heterocycles. The topological polar surface area (TPSA) is 108 Å². The Hall–Kier alpha value is -1.59. The number of thioether (sulfide) groups is 1. The molecule has 2 aromatic carbocycles. The Morgan fingerprint density at radius 1 is 1.10 bits per heavy atom. The molecule has 6 nitrogen and oxygen atoms in total. The molecule has 0 saturated carbocycles. The number of nitrogens with two attached hydrogens (primary N) is 1. The molecule has 6 N–H and O–H groups in total. The van der Waals surface area contributed by atoms with Crippen LogP contribution < -0.4 is 11.1 Å². The van der Waals surface area contributed by atoms with Gasteiger partial charge in [0.15, 0.2) is 0 Å². The van der Waals surface area contributed by atoms with Crippen molar-refractivity contribution < 1.29 is 28.8 Å². The van der Waals surface area contributed by atoms with Gasteiger partial charge in [-0.1, -0.05) is 35.0 Å². The molecule has 5 unspecified atom stereocenters. The average Bonchev–Trinajstić information content (AvgIpc) is 2.71. The first-order chi connectivity index (χ1) is 14.7. The maximum Gasteiger partial charge on any atom is 0.136 e. The van der Waals surface area contributed by atoms with Crippen molar-refractivity contribution in [1.82, 2.24) is 5.32 Å². The van der Waals surface area contributed by atoms with E-state index in [0.717, 1.165) is 23.9 Å². The molecule has 0 radical (unpaired) electrons. The van der Waals surface area contributed by atoms with Crippen LogP contribution >= 0.6 is 35.0 Å². The molecule has 1 saturated heterocycles. The molecule has 0 spiro atoms. The van der Waals surface area contributed by atoms with Crippen LogP contribution in [0.4, 0.5) is 8.78 Å². The van der Waals surface area contributed by atoms with Gasteiger partial charge in [-0.05, 0) is 30.3 Å². The minimum Gasteiger partial charge on any atom is -0.397 e. The predicted octanol–water partition coefficient (Wildman–Crippen LogP) is 2.72. The number of hydrogen-bond acceptors (Lipinski definition) is 7. The van der Waals surface area contributed by atoms with Gasteiger partial charge in [0.25, 0.3) is 0 Å². The number of rotatable bonds is 6. The van der Waals surface area contributed by atoms with Crippen LogP contribution in [0.1, 0.15) is 5.56 Å². The lowest BCUT2D eigenvalue weighted by Gasteiger charge is -2.42. The Morgan fingerprint density at radius 2 is 1.77 bits per heavy atom. The summed E-state index contributed by atoms with van der Waals surface area (Å²) in [6.07, 6.45) is -2.31. The highest BCUT2D eigenvalue weighted by atomic mass is 35.5. The van der Waals surface area contributed by atoms with Crippen LogP contribution in [-0.4, -0.2) is 51.7 Å². The summed E-state index contributed by atoms with van der Waals surface area (Å²) >= 11 is 13.1. The molecule has 1 aliphatic rings. The number of nitrogens with one attached hydrogen (secondary N) is 1. The molecular weight excluding hydrogens is 473 g/mol. The van der Waals surface area contributed by atoms with E-state index < -0.39 is 48.0 Å². The van der Waals surface area contributed by atoms with Crippen molar-refractivity contribution in [3.63, 3.8) is 0 Å². The molecular formula is C20H20Cl2F2N2O4S. The van der Waals surface area contributed by atoms with E-state index in [1.165, 1.54) is 6.20 Å². The van der Waals surface area contributed by atoms with Crippen molar-refractivity contribution in [1.29, 1.82) is 0 Å². The van der Waals surface area contributed by atoms with E-state index in [1.54, 1.807) is 18.2 Å². The summed E-state index contributed by atoms with van der Waals surface area (Å²) in [5, 5.41) is 34.3. The lowest BCUT2D eigenvalue weighted by Crippen LogP contribution is -2.62. The third-order valence-electron chi connectivity index (χ3n) is 4.65. The van der Waals surface area contributed by atoms with E-state index in [-0.39, 0.29) is 11.3 Å². The molecule has 11 heteroatoms. The van der Waals surface area contributed by atoms with E-state index in [1.807, 2.05) is 0 Å². The maximum absolute atomic E-state index is 13.4. The fraction of sp³-hybridized carbons (Fsp3) is 0.300. The highest BCUT2D eigenvalue weighted by molar-refractivity contribution is 7.99. The zero-order valence-corrected chi connectivity index (χ0v) is 18.2. The van der Waals surface area contributed by atoms with Crippen molar-refractivity contribution in [3.05, 3.63) is 69.8 Å². The molecule has 31 heavy (non-hydrogen) atoms. The highest BCUT2D eigenvalue weighted by Crippen LogP contribution is 2.36. The second-order valence-corrected chi connectivity index (χ2v) is 8.84. The molecule has 1 aliphatic heterocycles. The second kappa shape index (κ2) is 10.4. The summed E-state index contributed by atoms with van der Waals surface area (Å²) in [5.74, 6) is -1.59. The van der Waals surface area contributed by atoms with Crippen LogP contribution in [0.25, 0.3) is 5.70 Å². The van der Waals surface area contributed by atoms with Gasteiger partial charge in [-0.2, -0.15) is 0 Å². The van der Waals surface area contributed by atoms with Crippen molar-refractivity contribution >= 4 is 40.7 Å². The minimum absolute atomic E-state index is 0.0153. The minimum atomic E-state index is -1.29. The van der Waals surface area contributed by atoms with Crippen LogP contribution in [0.15, 0.2) is 47.5 Å². The second-order valence-electron chi connectivity index (χ2n) is 6.85. The smallest absolute Gasteiger partial charge is 0.136 e. The average molecular weight is 493 g/mol. The van der Waals surface area contributed by atoms with Gasteiger partial charge in [-0.15, -0.1) is 0 Å². The van der Waals surface area contributed by atoms with E-state index in [0.29, 0.717) is 21.0 Å².